The van der Waals surface area contributed by atoms with Gasteiger partial charge in [-0.1, -0.05) is 24.3 Å². The van der Waals surface area contributed by atoms with E-state index < -0.39 is 0 Å². The van der Waals surface area contributed by atoms with Gasteiger partial charge in [-0.2, -0.15) is 0 Å². The van der Waals surface area contributed by atoms with E-state index >= 15 is 0 Å². The molecule has 2 N–H and O–H groups in total. The van der Waals surface area contributed by atoms with Crippen molar-refractivity contribution in [1.82, 2.24) is 5.32 Å². The number of amidine groups is 1. The van der Waals surface area contributed by atoms with Crippen LogP contribution in [0.25, 0.3) is 6.08 Å². The molecule has 0 atom stereocenters. The lowest BCUT2D eigenvalue weighted by Crippen LogP contribution is -2.19. The van der Waals surface area contributed by atoms with E-state index in [9.17, 15) is 9.90 Å². The van der Waals surface area contributed by atoms with Crippen LogP contribution in [0, 0.1) is 6.92 Å². The smallest absolute Gasteiger partial charge is 0.264 e. The van der Waals surface area contributed by atoms with Crippen LogP contribution in [0.15, 0.2) is 52.4 Å². The van der Waals surface area contributed by atoms with E-state index in [1.165, 1.54) is 11.8 Å². The van der Waals surface area contributed by atoms with Gasteiger partial charge in [-0.25, -0.2) is 4.99 Å². The molecule has 0 unspecified atom stereocenters. The minimum Gasteiger partial charge on any atom is -0.506 e. The maximum Gasteiger partial charge on any atom is 0.264 e. The Hall–Kier alpha value is -2.73. The van der Waals surface area contributed by atoms with Gasteiger partial charge in [0.15, 0.2) is 5.17 Å². The first kappa shape index (κ1) is 17.1. The van der Waals surface area contributed by atoms with Crippen molar-refractivity contribution in [3.05, 3.63) is 58.5 Å². The number of benzene rings is 2. The van der Waals surface area contributed by atoms with Gasteiger partial charge < -0.3 is 15.3 Å². The van der Waals surface area contributed by atoms with E-state index in [0.29, 0.717) is 15.8 Å². The fourth-order valence-electron chi connectivity index (χ4n) is 2.39. The SMILES string of the molecule is Cc1cccc(O)c1N=C1NC(=O)/C(=C/c2ccc(N(C)C)cc2)S1. The molecule has 3 rings (SSSR count). The van der Waals surface area contributed by atoms with Gasteiger partial charge >= 0.3 is 0 Å². The summed E-state index contributed by atoms with van der Waals surface area (Å²) in [4.78, 5) is 19.2. The molecule has 1 amide bonds. The van der Waals surface area contributed by atoms with E-state index in [2.05, 4.69) is 10.3 Å². The Kier molecular flexibility index (Phi) is 4.81. The zero-order chi connectivity index (χ0) is 18.0. The van der Waals surface area contributed by atoms with Crippen molar-refractivity contribution in [2.75, 3.05) is 19.0 Å². The van der Waals surface area contributed by atoms with Gasteiger partial charge in [-0.3, -0.25) is 4.79 Å². The molecule has 0 spiro atoms. The van der Waals surface area contributed by atoms with E-state index in [4.69, 9.17) is 0 Å². The summed E-state index contributed by atoms with van der Waals surface area (Å²) in [5.74, 6) is -0.0902. The molecule has 1 fully saturated rings. The highest BCUT2D eigenvalue weighted by molar-refractivity contribution is 8.18. The maximum atomic E-state index is 12.2. The average Bonchev–Trinajstić information content (AvgIpc) is 2.91. The Bertz CT molecular complexity index is 850. The molecule has 128 valence electrons. The Labute approximate surface area is 151 Å². The highest BCUT2D eigenvalue weighted by Gasteiger charge is 2.24. The lowest BCUT2D eigenvalue weighted by atomic mass is 10.2. The zero-order valence-electron chi connectivity index (χ0n) is 14.3. The molecule has 6 heteroatoms. The molecule has 1 aliphatic heterocycles. The number of phenols is 1. The number of anilines is 1. The molecule has 2 aromatic carbocycles. The Morgan fingerprint density at radius 3 is 2.52 bits per heavy atom. The van der Waals surface area contributed by atoms with Crippen LogP contribution in [0.1, 0.15) is 11.1 Å². The molecule has 1 heterocycles. The number of aromatic hydroxyl groups is 1. The van der Waals surface area contributed by atoms with Crippen molar-refractivity contribution in [3.63, 3.8) is 0 Å². The Morgan fingerprint density at radius 2 is 1.88 bits per heavy atom. The average molecular weight is 353 g/mol. The van der Waals surface area contributed by atoms with Gasteiger partial charge in [0.25, 0.3) is 5.91 Å². The van der Waals surface area contributed by atoms with Crippen molar-refractivity contribution in [2.45, 2.75) is 6.92 Å². The molecule has 0 saturated carbocycles. The van der Waals surface area contributed by atoms with Gasteiger partial charge in [0.2, 0.25) is 0 Å². The third-order valence-electron chi connectivity index (χ3n) is 3.79. The molecule has 5 nitrogen and oxygen atoms in total. The van der Waals surface area contributed by atoms with Crippen molar-refractivity contribution in [1.29, 1.82) is 0 Å². The minimum atomic E-state index is -0.187. The fraction of sp³-hybridized carbons (Fsp3) is 0.158. The monoisotopic (exact) mass is 353 g/mol. The van der Waals surface area contributed by atoms with Gasteiger partial charge in [0.05, 0.1) is 4.91 Å². The van der Waals surface area contributed by atoms with Crippen molar-refractivity contribution >= 4 is 40.3 Å². The number of amides is 1. The van der Waals surface area contributed by atoms with Crippen LogP contribution in [-0.4, -0.2) is 30.3 Å². The first-order valence-corrected chi connectivity index (χ1v) is 8.61. The minimum absolute atomic E-state index is 0.0963. The number of hydrogen-bond donors (Lipinski definition) is 2. The summed E-state index contributed by atoms with van der Waals surface area (Å²) < 4.78 is 0. The van der Waals surface area contributed by atoms with E-state index in [-0.39, 0.29) is 11.7 Å². The number of nitrogens with zero attached hydrogens (tertiary/aromatic N) is 2. The lowest BCUT2D eigenvalue weighted by molar-refractivity contribution is -0.115. The number of para-hydroxylation sites is 1. The van der Waals surface area contributed by atoms with Crippen LogP contribution in [0.4, 0.5) is 11.4 Å². The zero-order valence-corrected chi connectivity index (χ0v) is 15.1. The normalized spacial score (nSPS) is 17.2. The van der Waals surface area contributed by atoms with Crippen LogP contribution in [0.2, 0.25) is 0 Å². The summed E-state index contributed by atoms with van der Waals surface area (Å²) in [5, 5.41) is 13.1. The number of hydrogen-bond acceptors (Lipinski definition) is 5. The standard InChI is InChI=1S/C19H19N3O2S/c1-12-5-4-6-15(23)17(12)20-19-21-18(24)16(25-19)11-13-7-9-14(10-8-13)22(2)3/h4-11,23H,1-3H3,(H,20,21,24)/b16-11-. The molecule has 0 radical (unpaired) electrons. The van der Waals surface area contributed by atoms with Crippen molar-refractivity contribution in [3.8, 4) is 5.75 Å². The van der Waals surface area contributed by atoms with E-state index in [1.54, 1.807) is 12.1 Å². The number of carbonyl (C=O) groups is 1. The van der Waals surface area contributed by atoms with Crippen LogP contribution >= 0.6 is 11.8 Å². The summed E-state index contributed by atoms with van der Waals surface area (Å²) in [6, 6.07) is 13.2. The van der Waals surface area contributed by atoms with Gasteiger partial charge in [-0.15, -0.1) is 0 Å². The number of thioether (sulfide) groups is 1. The highest BCUT2D eigenvalue weighted by Crippen LogP contribution is 2.33. The Morgan fingerprint density at radius 1 is 1.16 bits per heavy atom. The predicted octanol–water partition coefficient (Wildman–Crippen LogP) is 3.66. The molecular weight excluding hydrogens is 334 g/mol. The molecule has 25 heavy (non-hydrogen) atoms. The number of carbonyl (C=O) groups excluding carboxylic acids is 1. The fourth-order valence-corrected chi connectivity index (χ4v) is 3.22. The number of rotatable bonds is 3. The largest absolute Gasteiger partial charge is 0.506 e. The van der Waals surface area contributed by atoms with Crippen LogP contribution in [0.5, 0.6) is 5.75 Å². The van der Waals surface area contributed by atoms with Gasteiger partial charge in [-0.05, 0) is 54.1 Å². The number of nitrogens with one attached hydrogen (secondary N) is 1. The summed E-state index contributed by atoms with van der Waals surface area (Å²) in [7, 11) is 3.97. The molecule has 0 aliphatic carbocycles. The maximum absolute atomic E-state index is 12.2. The molecule has 0 bridgehead atoms. The third kappa shape index (κ3) is 3.85. The molecule has 2 aromatic rings. The predicted molar refractivity (Wildman–Crippen MR) is 104 cm³/mol. The van der Waals surface area contributed by atoms with Crippen LogP contribution < -0.4 is 10.2 Å². The first-order chi connectivity index (χ1) is 11.9. The van der Waals surface area contributed by atoms with Gasteiger partial charge in [0.1, 0.15) is 11.4 Å². The summed E-state index contributed by atoms with van der Waals surface area (Å²) in [5.41, 5.74) is 3.37. The second-order valence-corrected chi connectivity index (χ2v) is 6.94. The Balaban J connectivity index is 1.84. The molecule has 0 aromatic heterocycles. The first-order valence-electron chi connectivity index (χ1n) is 7.79. The summed E-state index contributed by atoms with van der Waals surface area (Å²) in [6.07, 6.45) is 1.83. The second-order valence-electron chi connectivity index (χ2n) is 5.91. The third-order valence-corrected chi connectivity index (χ3v) is 4.70. The van der Waals surface area contributed by atoms with Crippen LogP contribution in [-0.2, 0) is 4.79 Å². The highest BCUT2D eigenvalue weighted by atomic mass is 32.2. The lowest BCUT2D eigenvalue weighted by Gasteiger charge is -2.11. The van der Waals surface area contributed by atoms with E-state index in [0.717, 1.165) is 16.8 Å². The number of phenolic OH excluding ortho intramolecular Hbond substituents is 1. The topological polar surface area (TPSA) is 64.9 Å². The second kappa shape index (κ2) is 7.03. The van der Waals surface area contributed by atoms with Crippen LogP contribution in [0.3, 0.4) is 0 Å². The van der Waals surface area contributed by atoms with Gasteiger partial charge in [0, 0.05) is 19.8 Å². The number of aryl methyl sites for hydroxylation is 1. The quantitative estimate of drug-likeness (QED) is 0.827. The van der Waals surface area contributed by atoms with E-state index in [1.807, 2.05) is 62.3 Å². The van der Waals surface area contributed by atoms with Crippen molar-refractivity contribution < 1.29 is 9.90 Å². The summed E-state index contributed by atoms with van der Waals surface area (Å²) in [6.45, 7) is 1.86. The number of aliphatic imine (C=N–C) groups is 1. The summed E-state index contributed by atoms with van der Waals surface area (Å²) >= 11 is 1.27. The molecule has 1 saturated heterocycles. The molecular formula is C19H19N3O2S. The van der Waals surface area contributed by atoms with Crippen molar-refractivity contribution in [2.24, 2.45) is 4.99 Å². The molecule has 1 aliphatic rings.